The largest absolute Gasteiger partial charge is 0.460 e. The highest BCUT2D eigenvalue weighted by atomic mass is 16.5. The molecule has 0 unspecified atom stereocenters. The molecule has 2 aromatic heterocycles. The van der Waals surface area contributed by atoms with E-state index in [0.717, 1.165) is 38.6 Å². The lowest BCUT2D eigenvalue weighted by atomic mass is 10.1. The molecule has 0 bridgehead atoms. The number of benzene rings is 3. The Morgan fingerprint density at radius 3 is 2.16 bits per heavy atom. The molecule has 5 rings (SSSR count). The lowest BCUT2D eigenvalue weighted by Gasteiger charge is -2.09. The number of nitrogens with zero attached hydrogens (tertiary/aromatic N) is 1. The van der Waals surface area contributed by atoms with Gasteiger partial charge >= 0.3 is 11.9 Å². The van der Waals surface area contributed by atoms with Crippen LogP contribution in [-0.2, 0) is 33.9 Å². The molecule has 0 saturated carbocycles. The first-order chi connectivity index (χ1) is 18.2. The van der Waals surface area contributed by atoms with Crippen molar-refractivity contribution in [2.75, 3.05) is 13.1 Å². The molecule has 2 heterocycles. The van der Waals surface area contributed by atoms with Crippen molar-refractivity contribution in [1.82, 2.24) is 15.3 Å². The average molecular weight is 494 g/mol. The van der Waals surface area contributed by atoms with E-state index in [4.69, 9.17) is 9.47 Å². The molecule has 0 aliphatic carbocycles. The van der Waals surface area contributed by atoms with Gasteiger partial charge in [-0.05, 0) is 23.3 Å². The number of hydrogen-bond acceptors (Lipinski definition) is 6. The highest BCUT2D eigenvalue weighted by molar-refractivity contribution is 6.09. The predicted octanol–water partition coefficient (Wildman–Crippen LogP) is 4.95. The zero-order chi connectivity index (χ0) is 25.5. The highest BCUT2D eigenvalue weighted by Crippen LogP contribution is 2.28. The molecule has 2 N–H and O–H groups in total. The van der Waals surface area contributed by atoms with E-state index in [-0.39, 0.29) is 31.4 Å². The summed E-state index contributed by atoms with van der Waals surface area (Å²) in [5.41, 5.74) is 4.67. The molecule has 0 radical (unpaired) electrons. The van der Waals surface area contributed by atoms with Gasteiger partial charge in [0.05, 0.1) is 17.8 Å². The maximum atomic E-state index is 12.9. The summed E-state index contributed by atoms with van der Waals surface area (Å²) in [6, 6.07) is 28.8. The summed E-state index contributed by atoms with van der Waals surface area (Å²) in [7, 11) is 0. The molecule has 37 heavy (non-hydrogen) atoms. The van der Waals surface area contributed by atoms with Gasteiger partial charge in [0.25, 0.3) is 0 Å². The van der Waals surface area contributed by atoms with Crippen LogP contribution in [0.3, 0.4) is 0 Å². The minimum absolute atomic E-state index is 0.0848. The minimum atomic E-state index is -0.477. The second kappa shape index (κ2) is 11.5. The fraction of sp³-hybridized carbons (Fsp3) is 0.167. The lowest BCUT2D eigenvalue weighted by Crippen LogP contribution is -2.27. The number of pyridine rings is 1. The maximum absolute atomic E-state index is 12.9. The second-order valence-corrected chi connectivity index (χ2v) is 8.68. The first-order valence-electron chi connectivity index (χ1n) is 12.2. The molecule has 0 aliphatic rings. The van der Waals surface area contributed by atoms with Gasteiger partial charge in [-0.25, -0.2) is 9.78 Å². The summed E-state index contributed by atoms with van der Waals surface area (Å²) in [5, 5.41) is 5.04. The van der Waals surface area contributed by atoms with Crippen LogP contribution >= 0.6 is 0 Å². The number of rotatable bonds is 10. The number of H-pyrrole nitrogens is 1. The van der Waals surface area contributed by atoms with E-state index < -0.39 is 5.97 Å². The molecule has 7 nitrogen and oxygen atoms in total. The van der Waals surface area contributed by atoms with Gasteiger partial charge in [0.15, 0.2) is 0 Å². The maximum Gasteiger partial charge on any atom is 0.357 e. The summed E-state index contributed by atoms with van der Waals surface area (Å²) in [4.78, 5) is 33.1. The van der Waals surface area contributed by atoms with Crippen molar-refractivity contribution in [3.05, 3.63) is 114 Å². The summed E-state index contributed by atoms with van der Waals surface area (Å²) in [6.07, 6.45) is 0.509. The second-order valence-electron chi connectivity index (χ2n) is 8.68. The first kappa shape index (κ1) is 24.2. The SMILES string of the molecule is O=C(CNCCc1nc(C(=O)OCc2ccccc2)cc2c1[nH]c1ccccc12)OCc1ccccc1. The molecule has 0 saturated heterocycles. The smallest absolute Gasteiger partial charge is 0.357 e. The summed E-state index contributed by atoms with van der Waals surface area (Å²) >= 11 is 0. The van der Waals surface area contributed by atoms with Crippen molar-refractivity contribution in [1.29, 1.82) is 0 Å². The Bertz CT molecular complexity index is 1510. The van der Waals surface area contributed by atoms with E-state index in [1.165, 1.54) is 0 Å². The monoisotopic (exact) mass is 493 g/mol. The van der Waals surface area contributed by atoms with Crippen molar-refractivity contribution in [3.8, 4) is 0 Å². The number of aromatic nitrogens is 2. The van der Waals surface area contributed by atoms with Crippen LogP contribution in [0.2, 0.25) is 0 Å². The van der Waals surface area contributed by atoms with Crippen molar-refractivity contribution in [2.45, 2.75) is 19.6 Å². The Morgan fingerprint density at radius 1 is 0.784 bits per heavy atom. The van der Waals surface area contributed by atoms with Crippen LogP contribution in [0.4, 0.5) is 0 Å². The Labute approximate surface area is 214 Å². The van der Waals surface area contributed by atoms with Gasteiger partial charge in [-0.1, -0.05) is 78.9 Å². The van der Waals surface area contributed by atoms with Crippen LogP contribution < -0.4 is 5.32 Å². The van der Waals surface area contributed by atoms with Crippen LogP contribution in [0.1, 0.15) is 27.3 Å². The molecular weight excluding hydrogens is 466 g/mol. The number of esters is 2. The quantitative estimate of drug-likeness (QED) is 0.211. The molecular formula is C30H27N3O4. The van der Waals surface area contributed by atoms with Crippen LogP contribution in [0.5, 0.6) is 0 Å². The predicted molar refractivity (Wildman–Crippen MR) is 142 cm³/mol. The van der Waals surface area contributed by atoms with Gasteiger partial charge in [0.1, 0.15) is 18.9 Å². The van der Waals surface area contributed by atoms with E-state index in [1.807, 2.05) is 84.9 Å². The van der Waals surface area contributed by atoms with E-state index in [1.54, 1.807) is 6.07 Å². The molecule has 5 aromatic rings. The van der Waals surface area contributed by atoms with Gasteiger partial charge in [-0.15, -0.1) is 0 Å². The zero-order valence-corrected chi connectivity index (χ0v) is 20.3. The molecule has 7 heteroatoms. The number of carbonyl (C=O) groups is 2. The fourth-order valence-electron chi connectivity index (χ4n) is 4.18. The van der Waals surface area contributed by atoms with Gasteiger partial charge in [-0.3, -0.25) is 4.79 Å². The molecule has 0 atom stereocenters. The minimum Gasteiger partial charge on any atom is -0.460 e. The Kier molecular flexibility index (Phi) is 7.52. The first-order valence-corrected chi connectivity index (χ1v) is 12.2. The third-order valence-electron chi connectivity index (χ3n) is 6.04. The normalized spacial score (nSPS) is 11.0. The van der Waals surface area contributed by atoms with E-state index in [9.17, 15) is 9.59 Å². The Balaban J connectivity index is 1.27. The number of para-hydroxylation sites is 1. The van der Waals surface area contributed by atoms with E-state index in [0.29, 0.717) is 13.0 Å². The van der Waals surface area contributed by atoms with Crippen molar-refractivity contribution < 1.29 is 19.1 Å². The van der Waals surface area contributed by atoms with Gasteiger partial charge < -0.3 is 19.8 Å². The third kappa shape index (κ3) is 6.02. The van der Waals surface area contributed by atoms with Crippen molar-refractivity contribution >= 4 is 33.7 Å². The molecule has 0 fully saturated rings. The highest BCUT2D eigenvalue weighted by Gasteiger charge is 2.17. The number of hydrogen-bond donors (Lipinski definition) is 2. The van der Waals surface area contributed by atoms with Crippen LogP contribution in [0.25, 0.3) is 21.8 Å². The van der Waals surface area contributed by atoms with Crippen LogP contribution in [0, 0.1) is 0 Å². The van der Waals surface area contributed by atoms with E-state index in [2.05, 4.69) is 15.3 Å². The zero-order valence-electron chi connectivity index (χ0n) is 20.3. The standard InChI is InChI=1S/C30H27N3O4/c34-28(36-19-21-9-3-1-4-10-21)18-31-16-15-26-29-24(23-13-7-8-14-25(23)33-29)17-27(32-26)30(35)37-20-22-11-5-2-6-12-22/h1-14,17,31,33H,15-16,18-20H2. The number of aromatic amines is 1. The van der Waals surface area contributed by atoms with Crippen molar-refractivity contribution in [3.63, 3.8) is 0 Å². The van der Waals surface area contributed by atoms with Gasteiger partial charge in [0, 0.05) is 29.3 Å². The van der Waals surface area contributed by atoms with Crippen molar-refractivity contribution in [2.24, 2.45) is 0 Å². The van der Waals surface area contributed by atoms with E-state index >= 15 is 0 Å². The summed E-state index contributed by atoms with van der Waals surface area (Å²) in [6.45, 7) is 0.989. The van der Waals surface area contributed by atoms with Gasteiger partial charge in [-0.2, -0.15) is 0 Å². The summed E-state index contributed by atoms with van der Waals surface area (Å²) in [5.74, 6) is -0.805. The molecule has 0 amide bonds. The Morgan fingerprint density at radius 2 is 1.43 bits per heavy atom. The van der Waals surface area contributed by atoms with Crippen LogP contribution in [-0.4, -0.2) is 35.0 Å². The van der Waals surface area contributed by atoms with Crippen LogP contribution in [0.15, 0.2) is 91.0 Å². The van der Waals surface area contributed by atoms with Gasteiger partial charge in [0.2, 0.25) is 0 Å². The molecule has 0 spiro atoms. The number of ether oxygens (including phenoxy) is 2. The molecule has 0 aliphatic heterocycles. The molecule has 3 aromatic carbocycles. The lowest BCUT2D eigenvalue weighted by molar-refractivity contribution is -0.143. The Hall–Kier alpha value is -4.49. The third-order valence-corrected chi connectivity index (χ3v) is 6.04. The topological polar surface area (TPSA) is 93.3 Å². The number of carbonyl (C=O) groups excluding carboxylic acids is 2. The fourth-order valence-corrected chi connectivity index (χ4v) is 4.18. The molecule has 186 valence electrons. The number of fused-ring (bicyclic) bond motifs is 3. The average Bonchev–Trinajstić information content (AvgIpc) is 3.33. The summed E-state index contributed by atoms with van der Waals surface area (Å²) < 4.78 is 10.9. The number of nitrogens with one attached hydrogen (secondary N) is 2.